The van der Waals surface area contributed by atoms with Crippen molar-refractivity contribution in [1.82, 2.24) is 9.55 Å². The molecule has 0 aliphatic rings. The second-order valence-electron chi connectivity index (χ2n) is 2.82. The molecular weight excluding hydrogens is 166 g/mol. The molecule has 0 radical (unpaired) electrons. The van der Waals surface area contributed by atoms with Gasteiger partial charge >= 0.3 is 0 Å². The SMILES string of the molecule is Cn1cnc(C(O)C(C)(F)F)c1. The molecule has 0 saturated heterocycles. The van der Waals surface area contributed by atoms with Gasteiger partial charge in [-0.15, -0.1) is 0 Å². The van der Waals surface area contributed by atoms with E-state index in [1.165, 1.54) is 17.1 Å². The summed E-state index contributed by atoms with van der Waals surface area (Å²) in [4.78, 5) is 3.62. The predicted molar refractivity (Wildman–Crippen MR) is 38.8 cm³/mol. The Bertz CT molecular complexity index is 267. The summed E-state index contributed by atoms with van der Waals surface area (Å²) in [6.07, 6.45) is 0.908. The Morgan fingerprint density at radius 1 is 1.67 bits per heavy atom. The number of aliphatic hydroxyl groups is 1. The number of aryl methyl sites for hydroxylation is 1. The summed E-state index contributed by atoms with van der Waals surface area (Å²) in [6.45, 7) is 0.659. The molecular formula is C7H10F2N2O. The fourth-order valence-corrected chi connectivity index (χ4v) is 0.834. The zero-order chi connectivity index (χ0) is 9.35. The molecule has 0 aromatic carbocycles. The first-order chi connectivity index (χ1) is 5.41. The van der Waals surface area contributed by atoms with Gasteiger partial charge in [0.15, 0.2) is 6.10 Å². The Morgan fingerprint density at radius 3 is 2.58 bits per heavy atom. The highest BCUT2D eigenvalue weighted by Gasteiger charge is 2.35. The van der Waals surface area contributed by atoms with Gasteiger partial charge in [0.1, 0.15) is 0 Å². The van der Waals surface area contributed by atoms with Gasteiger partial charge in [-0.2, -0.15) is 0 Å². The minimum atomic E-state index is -3.14. The Morgan fingerprint density at radius 2 is 2.25 bits per heavy atom. The van der Waals surface area contributed by atoms with E-state index in [0.29, 0.717) is 6.92 Å². The number of halogens is 2. The van der Waals surface area contributed by atoms with Crippen molar-refractivity contribution in [3.05, 3.63) is 18.2 Å². The fourth-order valence-electron chi connectivity index (χ4n) is 0.834. The van der Waals surface area contributed by atoms with E-state index in [0.717, 1.165) is 0 Å². The topological polar surface area (TPSA) is 38.0 Å². The van der Waals surface area contributed by atoms with Gasteiger partial charge in [0.25, 0.3) is 5.92 Å². The Labute approximate surface area is 68.7 Å². The first kappa shape index (κ1) is 9.12. The summed E-state index contributed by atoms with van der Waals surface area (Å²) >= 11 is 0. The van der Waals surface area contributed by atoms with Crippen LogP contribution in [0.25, 0.3) is 0 Å². The summed E-state index contributed by atoms with van der Waals surface area (Å²) in [5.74, 6) is -3.14. The Hall–Kier alpha value is -0.970. The molecule has 0 spiro atoms. The Balaban J connectivity index is 2.85. The lowest BCUT2D eigenvalue weighted by Gasteiger charge is -2.15. The van der Waals surface area contributed by atoms with Crippen molar-refractivity contribution in [1.29, 1.82) is 0 Å². The third-order valence-corrected chi connectivity index (χ3v) is 1.49. The molecule has 1 aromatic heterocycles. The largest absolute Gasteiger partial charge is 0.380 e. The number of hydrogen-bond acceptors (Lipinski definition) is 2. The molecule has 12 heavy (non-hydrogen) atoms. The van der Waals surface area contributed by atoms with Crippen molar-refractivity contribution in [2.24, 2.45) is 7.05 Å². The van der Waals surface area contributed by atoms with Crippen LogP contribution in [0.3, 0.4) is 0 Å². The standard InChI is InChI=1S/C7H10F2N2O/c1-7(8,9)6(12)5-3-11(2)4-10-5/h3-4,6,12H,1-2H3. The molecule has 0 amide bonds. The van der Waals surface area contributed by atoms with Gasteiger partial charge in [-0.1, -0.05) is 0 Å². The van der Waals surface area contributed by atoms with Crippen LogP contribution in [0.4, 0.5) is 8.78 Å². The summed E-state index contributed by atoms with van der Waals surface area (Å²) in [6, 6.07) is 0. The molecule has 3 nitrogen and oxygen atoms in total. The second-order valence-corrected chi connectivity index (χ2v) is 2.82. The lowest BCUT2D eigenvalue weighted by molar-refractivity contribution is -0.0970. The number of imidazole rings is 1. The molecule has 1 N–H and O–H groups in total. The highest BCUT2D eigenvalue weighted by atomic mass is 19.3. The van der Waals surface area contributed by atoms with Gasteiger partial charge in [-0.25, -0.2) is 13.8 Å². The van der Waals surface area contributed by atoms with Crippen LogP contribution in [-0.4, -0.2) is 20.6 Å². The van der Waals surface area contributed by atoms with Crippen LogP contribution in [0.15, 0.2) is 12.5 Å². The van der Waals surface area contributed by atoms with Crippen LogP contribution in [0.5, 0.6) is 0 Å². The van der Waals surface area contributed by atoms with E-state index in [-0.39, 0.29) is 5.69 Å². The molecule has 0 aliphatic carbocycles. The number of aliphatic hydroxyl groups excluding tert-OH is 1. The van der Waals surface area contributed by atoms with E-state index in [9.17, 15) is 8.78 Å². The van der Waals surface area contributed by atoms with Crippen LogP contribution >= 0.6 is 0 Å². The van der Waals surface area contributed by atoms with Crippen molar-refractivity contribution in [2.75, 3.05) is 0 Å². The third-order valence-electron chi connectivity index (χ3n) is 1.49. The lowest BCUT2D eigenvalue weighted by atomic mass is 10.2. The van der Waals surface area contributed by atoms with Crippen molar-refractivity contribution in [3.8, 4) is 0 Å². The lowest BCUT2D eigenvalue weighted by Crippen LogP contribution is -2.22. The van der Waals surface area contributed by atoms with E-state index >= 15 is 0 Å². The number of rotatable bonds is 2. The van der Waals surface area contributed by atoms with Crippen LogP contribution < -0.4 is 0 Å². The molecule has 1 aromatic rings. The molecule has 1 rings (SSSR count). The third kappa shape index (κ3) is 1.79. The van der Waals surface area contributed by atoms with Crippen molar-refractivity contribution in [2.45, 2.75) is 19.0 Å². The summed E-state index contributed by atoms with van der Waals surface area (Å²) in [5, 5.41) is 9.04. The monoisotopic (exact) mass is 176 g/mol. The molecule has 1 unspecified atom stereocenters. The van der Waals surface area contributed by atoms with Crippen molar-refractivity contribution < 1.29 is 13.9 Å². The van der Waals surface area contributed by atoms with Crippen LogP contribution in [0, 0.1) is 0 Å². The minimum absolute atomic E-state index is 0.00926. The van der Waals surface area contributed by atoms with Gasteiger partial charge < -0.3 is 9.67 Å². The summed E-state index contributed by atoms with van der Waals surface area (Å²) in [7, 11) is 1.65. The van der Waals surface area contributed by atoms with E-state index in [1.807, 2.05) is 0 Å². The van der Waals surface area contributed by atoms with Gasteiger partial charge in [0.05, 0.1) is 12.0 Å². The van der Waals surface area contributed by atoms with E-state index in [2.05, 4.69) is 4.98 Å². The van der Waals surface area contributed by atoms with E-state index in [1.54, 1.807) is 7.05 Å². The average molecular weight is 176 g/mol. The maximum Gasteiger partial charge on any atom is 0.276 e. The van der Waals surface area contributed by atoms with E-state index < -0.39 is 12.0 Å². The van der Waals surface area contributed by atoms with Gasteiger partial charge in [0, 0.05) is 20.2 Å². The zero-order valence-corrected chi connectivity index (χ0v) is 6.83. The first-order valence-electron chi connectivity index (χ1n) is 3.45. The van der Waals surface area contributed by atoms with Crippen molar-refractivity contribution in [3.63, 3.8) is 0 Å². The highest BCUT2D eigenvalue weighted by Crippen LogP contribution is 2.28. The molecule has 1 atom stereocenters. The minimum Gasteiger partial charge on any atom is -0.380 e. The second kappa shape index (κ2) is 2.82. The number of hydrogen-bond donors (Lipinski definition) is 1. The molecule has 0 fully saturated rings. The number of nitrogens with zero attached hydrogens (tertiary/aromatic N) is 2. The van der Waals surface area contributed by atoms with Gasteiger partial charge in [0.2, 0.25) is 0 Å². The molecule has 68 valence electrons. The molecule has 5 heteroatoms. The smallest absolute Gasteiger partial charge is 0.276 e. The average Bonchev–Trinajstić information content (AvgIpc) is 2.32. The van der Waals surface area contributed by atoms with Gasteiger partial charge in [-0.3, -0.25) is 0 Å². The summed E-state index contributed by atoms with van der Waals surface area (Å²) < 4.78 is 26.5. The van der Waals surface area contributed by atoms with Crippen molar-refractivity contribution >= 4 is 0 Å². The normalized spacial score (nSPS) is 14.8. The van der Waals surface area contributed by atoms with Crippen LogP contribution in [0.1, 0.15) is 18.7 Å². The fraction of sp³-hybridized carbons (Fsp3) is 0.571. The molecule has 0 aliphatic heterocycles. The molecule has 0 bridgehead atoms. The predicted octanol–water partition coefficient (Wildman–Crippen LogP) is 1.11. The maximum atomic E-state index is 12.5. The number of aromatic nitrogens is 2. The van der Waals surface area contributed by atoms with Crippen LogP contribution in [0.2, 0.25) is 0 Å². The molecule has 0 saturated carbocycles. The number of alkyl halides is 2. The Kier molecular flexibility index (Phi) is 2.14. The maximum absolute atomic E-state index is 12.5. The van der Waals surface area contributed by atoms with Crippen LogP contribution in [-0.2, 0) is 7.05 Å². The first-order valence-corrected chi connectivity index (χ1v) is 3.45. The zero-order valence-electron chi connectivity index (χ0n) is 6.83. The quantitative estimate of drug-likeness (QED) is 0.732. The van der Waals surface area contributed by atoms with E-state index in [4.69, 9.17) is 5.11 Å². The molecule has 1 heterocycles. The summed E-state index contributed by atoms with van der Waals surface area (Å²) in [5.41, 5.74) is -0.00926. The van der Waals surface area contributed by atoms with Gasteiger partial charge in [-0.05, 0) is 0 Å². The highest BCUT2D eigenvalue weighted by molar-refractivity contribution is 5.03.